The Morgan fingerprint density at radius 1 is 1.48 bits per heavy atom. The van der Waals surface area contributed by atoms with Crippen molar-refractivity contribution in [2.24, 2.45) is 16.3 Å². The zero-order valence-corrected chi connectivity index (χ0v) is 17.3. The summed E-state index contributed by atoms with van der Waals surface area (Å²) in [6.45, 7) is 9.26. The van der Waals surface area contributed by atoms with Crippen LogP contribution in [0.2, 0.25) is 0 Å². The van der Waals surface area contributed by atoms with Gasteiger partial charge in [-0.3, -0.25) is 0 Å². The van der Waals surface area contributed by atoms with E-state index in [1.54, 1.807) is 11.3 Å². The molecular formula is C17H28IN3OS. The molecule has 23 heavy (non-hydrogen) atoms. The molecule has 0 spiro atoms. The van der Waals surface area contributed by atoms with Gasteiger partial charge in [0, 0.05) is 30.5 Å². The molecule has 3 unspecified atom stereocenters. The van der Waals surface area contributed by atoms with E-state index >= 15 is 0 Å². The lowest BCUT2D eigenvalue weighted by molar-refractivity contribution is -0.188. The molecule has 1 aromatic heterocycles. The maximum Gasteiger partial charge on any atom is 0.191 e. The summed E-state index contributed by atoms with van der Waals surface area (Å²) in [4.78, 5) is 4.74. The van der Waals surface area contributed by atoms with Crippen molar-refractivity contribution < 1.29 is 4.74 Å². The zero-order chi connectivity index (χ0) is 15.6. The molecule has 2 N–H and O–H groups in total. The van der Waals surface area contributed by atoms with Crippen LogP contribution in [-0.2, 0) is 11.3 Å². The number of rotatable bonds is 4. The number of fused-ring (bicyclic) bond motifs is 1. The van der Waals surface area contributed by atoms with Crippen LogP contribution in [0.3, 0.4) is 0 Å². The number of ether oxygens (including phenoxy) is 1. The summed E-state index contributed by atoms with van der Waals surface area (Å²) in [5, 5.41) is 11.3. The quantitative estimate of drug-likeness (QED) is 0.419. The molecule has 2 heterocycles. The van der Waals surface area contributed by atoms with Crippen LogP contribution >= 0.6 is 35.3 Å². The van der Waals surface area contributed by atoms with Crippen molar-refractivity contribution in [1.82, 2.24) is 10.6 Å². The van der Waals surface area contributed by atoms with Gasteiger partial charge in [0.2, 0.25) is 0 Å². The molecule has 3 rings (SSSR count). The predicted octanol–water partition coefficient (Wildman–Crippen LogP) is 3.62. The van der Waals surface area contributed by atoms with Gasteiger partial charge < -0.3 is 15.4 Å². The van der Waals surface area contributed by atoms with Gasteiger partial charge in [-0.1, -0.05) is 13.8 Å². The molecule has 6 heteroatoms. The van der Waals surface area contributed by atoms with E-state index in [0.29, 0.717) is 18.1 Å². The normalized spacial score (nSPS) is 29.0. The Morgan fingerprint density at radius 3 is 3.00 bits per heavy atom. The lowest BCUT2D eigenvalue weighted by Gasteiger charge is -2.60. The van der Waals surface area contributed by atoms with Gasteiger partial charge in [0.25, 0.3) is 0 Å². The molecule has 0 aromatic carbocycles. The van der Waals surface area contributed by atoms with Crippen LogP contribution in [0.1, 0.15) is 39.2 Å². The maximum atomic E-state index is 5.98. The summed E-state index contributed by atoms with van der Waals surface area (Å²) >= 11 is 1.72. The fraction of sp³-hybridized carbons (Fsp3) is 0.706. The first-order valence-corrected chi connectivity index (χ1v) is 9.24. The van der Waals surface area contributed by atoms with Crippen LogP contribution in [-0.4, -0.2) is 31.3 Å². The van der Waals surface area contributed by atoms with E-state index in [-0.39, 0.29) is 29.4 Å². The molecule has 4 nitrogen and oxygen atoms in total. The molecule has 1 saturated heterocycles. The summed E-state index contributed by atoms with van der Waals surface area (Å²) in [6, 6.07) is 2.58. The molecule has 1 aromatic rings. The number of aliphatic imine (C=N–C) groups is 1. The molecular weight excluding hydrogens is 421 g/mol. The summed E-state index contributed by atoms with van der Waals surface area (Å²) in [5.74, 6) is 1.55. The number of hydrogen-bond donors (Lipinski definition) is 2. The van der Waals surface area contributed by atoms with Crippen molar-refractivity contribution in [1.29, 1.82) is 0 Å². The van der Waals surface area contributed by atoms with Crippen LogP contribution in [0.15, 0.2) is 21.8 Å². The van der Waals surface area contributed by atoms with Crippen molar-refractivity contribution in [3.8, 4) is 0 Å². The second-order valence-corrected chi connectivity index (χ2v) is 7.65. The average molecular weight is 449 g/mol. The second kappa shape index (κ2) is 8.16. The molecule has 2 aliphatic rings. The number of thiophene rings is 1. The largest absolute Gasteiger partial charge is 0.377 e. The number of hydrogen-bond acceptors (Lipinski definition) is 3. The Labute approximate surface area is 160 Å². The number of halogens is 1. The molecule has 0 amide bonds. The summed E-state index contributed by atoms with van der Waals surface area (Å²) in [6.07, 6.45) is 2.84. The van der Waals surface area contributed by atoms with Crippen molar-refractivity contribution in [2.45, 2.75) is 52.3 Å². The first-order valence-electron chi connectivity index (χ1n) is 8.30. The van der Waals surface area contributed by atoms with Crippen molar-refractivity contribution >= 4 is 41.3 Å². The first-order chi connectivity index (χ1) is 10.6. The van der Waals surface area contributed by atoms with Gasteiger partial charge in [-0.15, -0.1) is 24.0 Å². The molecule has 3 atom stereocenters. The van der Waals surface area contributed by atoms with Gasteiger partial charge in [0.15, 0.2) is 5.96 Å². The lowest BCUT2D eigenvalue weighted by Crippen LogP contribution is -2.71. The Balaban J connectivity index is 0.00000192. The number of guanidine groups is 1. The Bertz CT molecular complexity index is 518. The van der Waals surface area contributed by atoms with Crippen LogP contribution in [0, 0.1) is 11.3 Å². The van der Waals surface area contributed by atoms with Gasteiger partial charge in [0.1, 0.15) is 0 Å². The molecule has 1 aliphatic carbocycles. The van der Waals surface area contributed by atoms with Gasteiger partial charge >= 0.3 is 0 Å². The third-order valence-corrected chi connectivity index (χ3v) is 5.70. The van der Waals surface area contributed by atoms with Gasteiger partial charge in [-0.2, -0.15) is 11.3 Å². The number of nitrogens with one attached hydrogen (secondary N) is 2. The summed E-state index contributed by atoms with van der Waals surface area (Å²) in [5.41, 5.74) is 1.44. The fourth-order valence-electron chi connectivity index (χ4n) is 3.84. The van der Waals surface area contributed by atoms with Crippen LogP contribution in [0.5, 0.6) is 0 Å². The van der Waals surface area contributed by atoms with E-state index in [0.717, 1.165) is 25.7 Å². The van der Waals surface area contributed by atoms with Crippen molar-refractivity contribution in [3.05, 3.63) is 22.4 Å². The molecule has 2 fully saturated rings. The summed E-state index contributed by atoms with van der Waals surface area (Å²) < 4.78 is 5.98. The van der Waals surface area contributed by atoms with E-state index in [2.05, 4.69) is 48.2 Å². The predicted molar refractivity (Wildman–Crippen MR) is 108 cm³/mol. The lowest BCUT2D eigenvalue weighted by atomic mass is 9.55. The fourth-order valence-corrected chi connectivity index (χ4v) is 4.50. The molecule has 1 aliphatic heterocycles. The summed E-state index contributed by atoms with van der Waals surface area (Å²) in [7, 11) is 0. The monoisotopic (exact) mass is 449 g/mol. The van der Waals surface area contributed by atoms with E-state index in [1.807, 2.05) is 0 Å². The third-order valence-electron chi connectivity index (χ3n) is 4.97. The van der Waals surface area contributed by atoms with Gasteiger partial charge in [0.05, 0.1) is 12.6 Å². The van der Waals surface area contributed by atoms with E-state index in [4.69, 9.17) is 9.73 Å². The Morgan fingerprint density at radius 2 is 2.30 bits per heavy atom. The SMILES string of the molecule is CCNC(=NCc1ccsc1)NC1C2CCCOC2C1(C)C.I. The Hall–Kier alpha value is -0.340. The minimum atomic E-state index is 0. The zero-order valence-electron chi connectivity index (χ0n) is 14.2. The average Bonchev–Trinajstić information content (AvgIpc) is 3.03. The minimum absolute atomic E-state index is 0. The van der Waals surface area contributed by atoms with Crippen LogP contribution < -0.4 is 10.6 Å². The highest BCUT2D eigenvalue weighted by molar-refractivity contribution is 14.0. The van der Waals surface area contributed by atoms with Crippen LogP contribution in [0.25, 0.3) is 0 Å². The first kappa shape index (κ1) is 19.0. The number of nitrogens with zero attached hydrogens (tertiary/aromatic N) is 1. The van der Waals surface area contributed by atoms with Gasteiger partial charge in [-0.05, 0) is 42.2 Å². The minimum Gasteiger partial charge on any atom is -0.377 e. The standard InChI is InChI=1S/C17H27N3OS.HI/c1-4-18-16(19-10-12-7-9-22-11-12)20-14-13-6-5-8-21-15(13)17(14,2)3;/h7,9,11,13-15H,4-6,8,10H2,1-3H3,(H2,18,19,20);1H. The molecule has 130 valence electrons. The topological polar surface area (TPSA) is 45.7 Å². The van der Waals surface area contributed by atoms with Crippen LogP contribution in [0.4, 0.5) is 0 Å². The van der Waals surface area contributed by atoms with Crippen molar-refractivity contribution in [2.75, 3.05) is 13.2 Å². The smallest absolute Gasteiger partial charge is 0.191 e. The maximum absolute atomic E-state index is 5.98. The third kappa shape index (κ3) is 4.02. The molecule has 0 bridgehead atoms. The molecule has 0 radical (unpaired) electrons. The Kier molecular flexibility index (Phi) is 6.74. The van der Waals surface area contributed by atoms with Crippen molar-refractivity contribution in [3.63, 3.8) is 0 Å². The highest BCUT2D eigenvalue weighted by atomic mass is 127. The molecule has 1 saturated carbocycles. The van der Waals surface area contributed by atoms with E-state index in [1.165, 1.54) is 18.4 Å². The van der Waals surface area contributed by atoms with E-state index in [9.17, 15) is 0 Å². The van der Waals surface area contributed by atoms with Gasteiger partial charge in [-0.25, -0.2) is 4.99 Å². The highest BCUT2D eigenvalue weighted by Gasteiger charge is 2.58. The second-order valence-electron chi connectivity index (χ2n) is 6.87. The highest BCUT2D eigenvalue weighted by Crippen LogP contribution is 2.51. The van der Waals surface area contributed by atoms with E-state index < -0.39 is 0 Å².